The van der Waals surface area contributed by atoms with Crippen molar-refractivity contribution in [2.75, 3.05) is 13.2 Å². The highest BCUT2D eigenvalue weighted by Crippen LogP contribution is 2.17. The molecule has 0 fully saturated rings. The molecular weight excluding hydrogens is 276 g/mol. The Labute approximate surface area is 104 Å². The maximum atomic E-state index is 11.3. The van der Waals surface area contributed by atoms with Crippen LogP contribution in [0.15, 0.2) is 11.6 Å². The van der Waals surface area contributed by atoms with Gasteiger partial charge in [-0.1, -0.05) is 15.9 Å². The molecule has 4 nitrogen and oxygen atoms in total. The molecule has 0 heterocycles. The number of alkyl halides is 1. The lowest BCUT2D eigenvalue weighted by Crippen LogP contribution is -2.26. The van der Waals surface area contributed by atoms with Gasteiger partial charge in [-0.3, -0.25) is 9.59 Å². The minimum atomic E-state index is -0.676. The van der Waals surface area contributed by atoms with Gasteiger partial charge >= 0.3 is 11.9 Å². The van der Waals surface area contributed by atoms with Gasteiger partial charge in [0.2, 0.25) is 0 Å². The Balaban J connectivity index is 3.91. The van der Waals surface area contributed by atoms with Crippen molar-refractivity contribution >= 4 is 27.9 Å². The van der Waals surface area contributed by atoms with Crippen LogP contribution in [-0.2, 0) is 19.1 Å². The van der Waals surface area contributed by atoms with Crippen LogP contribution in [0.4, 0.5) is 0 Å². The summed E-state index contributed by atoms with van der Waals surface area (Å²) >= 11 is 3.20. The molecule has 0 atom stereocenters. The third-order valence-corrected chi connectivity index (χ3v) is 1.96. The first-order valence-electron chi connectivity index (χ1n) is 4.88. The van der Waals surface area contributed by atoms with E-state index in [1.807, 2.05) is 0 Å². The second-order valence-electron chi connectivity index (χ2n) is 3.90. The van der Waals surface area contributed by atoms with Crippen LogP contribution < -0.4 is 0 Å². The molecule has 0 aromatic carbocycles. The Kier molecular flexibility index (Phi) is 6.33. The quantitative estimate of drug-likeness (QED) is 0.443. The minimum absolute atomic E-state index is 0.182. The monoisotopic (exact) mass is 292 g/mol. The number of esters is 2. The smallest absolute Gasteiger partial charge is 0.322 e. The molecule has 0 unspecified atom stereocenters. The van der Waals surface area contributed by atoms with E-state index in [0.717, 1.165) is 5.57 Å². The van der Waals surface area contributed by atoms with Crippen molar-refractivity contribution < 1.29 is 19.1 Å². The number of halogens is 1. The van der Waals surface area contributed by atoms with Gasteiger partial charge in [0.25, 0.3) is 0 Å². The zero-order valence-electron chi connectivity index (χ0n) is 10.0. The average molecular weight is 293 g/mol. The second-order valence-corrected chi connectivity index (χ2v) is 5.88. The van der Waals surface area contributed by atoms with E-state index < -0.39 is 4.32 Å². The molecule has 0 aliphatic rings. The number of hydrogen-bond acceptors (Lipinski definition) is 4. The van der Waals surface area contributed by atoms with Crippen LogP contribution >= 0.6 is 15.9 Å². The van der Waals surface area contributed by atoms with Gasteiger partial charge in [-0.2, -0.15) is 0 Å². The normalized spacial score (nSPS) is 12.2. The molecule has 16 heavy (non-hydrogen) atoms. The van der Waals surface area contributed by atoms with Crippen LogP contribution in [0.1, 0.15) is 27.7 Å². The van der Waals surface area contributed by atoms with E-state index in [1.165, 1.54) is 6.92 Å². The van der Waals surface area contributed by atoms with Crippen LogP contribution in [0.3, 0.4) is 0 Å². The molecule has 0 radical (unpaired) electrons. The number of hydrogen-bond donors (Lipinski definition) is 0. The molecule has 0 aliphatic carbocycles. The van der Waals surface area contributed by atoms with E-state index in [9.17, 15) is 9.59 Å². The molecule has 0 saturated carbocycles. The summed E-state index contributed by atoms with van der Waals surface area (Å²) in [7, 11) is 0. The first kappa shape index (κ1) is 15.2. The Morgan fingerprint density at radius 2 is 1.81 bits per heavy atom. The average Bonchev–Trinajstić information content (AvgIpc) is 2.13. The van der Waals surface area contributed by atoms with Gasteiger partial charge in [0, 0.05) is 6.92 Å². The first-order valence-corrected chi connectivity index (χ1v) is 5.68. The summed E-state index contributed by atoms with van der Waals surface area (Å²) in [5, 5.41) is 0. The second kappa shape index (κ2) is 6.68. The maximum absolute atomic E-state index is 11.3. The van der Waals surface area contributed by atoms with Gasteiger partial charge in [0.15, 0.2) is 0 Å². The topological polar surface area (TPSA) is 52.6 Å². The van der Waals surface area contributed by atoms with Crippen molar-refractivity contribution in [3.05, 3.63) is 11.6 Å². The van der Waals surface area contributed by atoms with Gasteiger partial charge in [-0.15, -0.1) is 0 Å². The summed E-state index contributed by atoms with van der Waals surface area (Å²) < 4.78 is 9.08. The molecular formula is C11H17BrO4. The van der Waals surface area contributed by atoms with Crippen molar-refractivity contribution in [3.8, 4) is 0 Å². The lowest BCUT2D eigenvalue weighted by atomic mass is 10.2. The van der Waals surface area contributed by atoms with Crippen molar-refractivity contribution in [2.24, 2.45) is 0 Å². The summed E-state index contributed by atoms with van der Waals surface area (Å²) in [4.78, 5) is 21.8. The van der Waals surface area contributed by atoms with Crippen LogP contribution in [0.25, 0.3) is 0 Å². The number of rotatable bonds is 5. The molecule has 5 heteroatoms. The van der Waals surface area contributed by atoms with E-state index in [1.54, 1.807) is 26.8 Å². The molecule has 0 bridgehead atoms. The third-order valence-electron chi connectivity index (χ3n) is 1.63. The molecule has 0 aromatic heterocycles. The van der Waals surface area contributed by atoms with Gasteiger partial charge in [-0.25, -0.2) is 0 Å². The van der Waals surface area contributed by atoms with Crippen molar-refractivity contribution in [2.45, 2.75) is 32.0 Å². The van der Waals surface area contributed by atoms with E-state index >= 15 is 0 Å². The van der Waals surface area contributed by atoms with Crippen molar-refractivity contribution in [1.82, 2.24) is 0 Å². The zero-order valence-corrected chi connectivity index (χ0v) is 11.6. The first-order chi connectivity index (χ1) is 7.23. The zero-order chi connectivity index (χ0) is 12.8. The summed E-state index contributed by atoms with van der Waals surface area (Å²) in [6.07, 6.45) is 1.71. The highest BCUT2D eigenvalue weighted by molar-refractivity contribution is 9.10. The fourth-order valence-corrected chi connectivity index (χ4v) is 0.820. The minimum Gasteiger partial charge on any atom is -0.461 e. The summed E-state index contributed by atoms with van der Waals surface area (Å²) in [5.74, 6) is -0.657. The molecule has 0 aromatic rings. The van der Waals surface area contributed by atoms with Crippen LogP contribution in [0.5, 0.6) is 0 Å². The molecule has 0 rings (SSSR count). The van der Waals surface area contributed by atoms with Gasteiger partial charge < -0.3 is 9.47 Å². The van der Waals surface area contributed by atoms with Gasteiger partial charge in [0.05, 0.1) is 0 Å². The molecule has 0 N–H and O–H groups in total. The standard InChI is InChI=1S/C11H17BrO4/c1-8(7-16-9(2)13)5-6-15-10(14)11(3,4)12/h5H,6-7H2,1-4H3/b8-5+. The lowest BCUT2D eigenvalue weighted by Gasteiger charge is -2.13. The number of carbonyl (C=O) groups excluding carboxylic acids is 2. The van der Waals surface area contributed by atoms with Crippen LogP contribution in [0.2, 0.25) is 0 Å². The van der Waals surface area contributed by atoms with Crippen molar-refractivity contribution in [3.63, 3.8) is 0 Å². The highest BCUT2D eigenvalue weighted by atomic mass is 79.9. The Morgan fingerprint density at radius 3 is 2.25 bits per heavy atom. The molecule has 0 aliphatic heterocycles. The lowest BCUT2D eigenvalue weighted by molar-refractivity contribution is -0.144. The Bertz CT molecular complexity index is 289. The molecule has 92 valence electrons. The maximum Gasteiger partial charge on any atom is 0.322 e. The molecule has 0 spiro atoms. The fourth-order valence-electron chi connectivity index (χ4n) is 0.706. The van der Waals surface area contributed by atoms with Gasteiger partial charge in [-0.05, 0) is 32.4 Å². The van der Waals surface area contributed by atoms with E-state index in [0.29, 0.717) is 0 Å². The predicted molar refractivity (Wildman–Crippen MR) is 64.4 cm³/mol. The van der Waals surface area contributed by atoms with E-state index in [4.69, 9.17) is 9.47 Å². The highest BCUT2D eigenvalue weighted by Gasteiger charge is 2.24. The Hall–Kier alpha value is -0.840. The van der Waals surface area contributed by atoms with Gasteiger partial charge in [0.1, 0.15) is 17.5 Å². The predicted octanol–water partition coefficient (Wildman–Crippen LogP) is 2.21. The SMILES string of the molecule is CC(=O)OC/C(C)=C/COC(=O)C(C)(C)Br. The fraction of sp³-hybridized carbons (Fsp3) is 0.636. The summed E-state index contributed by atoms with van der Waals surface area (Å²) in [5.41, 5.74) is 0.843. The largest absolute Gasteiger partial charge is 0.461 e. The summed E-state index contributed by atoms with van der Waals surface area (Å²) in [6.45, 7) is 6.98. The molecule has 0 saturated heterocycles. The number of carbonyl (C=O) groups is 2. The Morgan fingerprint density at radius 1 is 1.25 bits per heavy atom. The van der Waals surface area contributed by atoms with E-state index in [-0.39, 0.29) is 25.2 Å². The van der Waals surface area contributed by atoms with E-state index in [2.05, 4.69) is 15.9 Å². The van der Waals surface area contributed by atoms with Crippen molar-refractivity contribution in [1.29, 1.82) is 0 Å². The van der Waals surface area contributed by atoms with Crippen LogP contribution in [-0.4, -0.2) is 29.5 Å². The third kappa shape index (κ3) is 7.45. The van der Waals surface area contributed by atoms with Crippen LogP contribution in [0, 0.1) is 0 Å². The summed E-state index contributed by atoms with van der Waals surface area (Å²) in [6, 6.07) is 0. The molecule has 0 amide bonds. The number of ether oxygens (including phenoxy) is 2.